The van der Waals surface area contributed by atoms with Gasteiger partial charge < -0.3 is 10.4 Å². The molecular formula is C18H25FN2O2. The Hall–Kier alpha value is -1.46. The highest BCUT2D eigenvalue weighted by atomic mass is 19.1. The third-order valence-electron chi connectivity index (χ3n) is 5.07. The summed E-state index contributed by atoms with van der Waals surface area (Å²) in [5.74, 6) is -0.344. The average Bonchev–Trinajstić information content (AvgIpc) is 3.16. The second-order valence-corrected chi connectivity index (χ2v) is 6.68. The number of halogens is 1. The molecule has 0 radical (unpaired) electrons. The summed E-state index contributed by atoms with van der Waals surface area (Å²) in [6, 6.07) is 6.37. The van der Waals surface area contributed by atoms with Gasteiger partial charge in [0.05, 0.1) is 12.1 Å². The molecule has 1 aliphatic heterocycles. The van der Waals surface area contributed by atoms with E-state index in [1.807, 2.05) is 6.07 Å². The van der Waals surface area contributed by atoms with Crippen LogP contribution in [0.15, 0.2) is 24.3 Å². The van der Waals surface area contributed by atoms with E-state index in [9.17, 15) is 14.3 Å². The highest BCUT2D eigenvalue weighted by molar-refractivity contribution is 5.76. The molecule has 0 bridgehead atoms. The third kappa shape index (κ3) is 4.09. The normalized spacial score (nSPS) is 28.2. The van der Waals surface area contributed by atoms with E-state index < -0.39 is 6.10 Å². The van der Waals surface area contributed by atoms with Crippen molar-refractivity contribution >= 4 is 5.91 Å². The molecule has 1 aromatic carbocycles. The van der Waals surface area contributed by atoms with E-state index in [0.29, 0.717) is 12.8 Å². The molecule has 3 rings (SSSR count). The van der Waals surface area contributed by atoms with Crippen LogP contribution >= 0.6 is 0 Å². The van der Waals surface area contributed by atoms with Crippen LogP contribution < -0.4 is 5.32 Å². The molecule has 126 valence electrons. The van der Waals surface area contributed by atoms with Crippen molar-refractivity contribution < 1.29 is 14.3 Å². The number of benzene rings is 1. The van der Waals surface area contributed by atoms with Crippen LogP contribution in [0.2, 0.25) is 0 Å². The van der Waals surface area contributed by atoms with Gasteiger partial charge in [-0.15, -0.1) is 0 Å². The zero-order chi connectivity index (χ0) is 16.2. The number of amides is 1. The standard InChI is InChI=1S/C18H25FN2O2/c19-14-5-3-4-13(12-14)6-9-17(22)20-15-7-8-16(18(15)23)21-10-1-2-11-21/h3-5,12,15-16,18,23H,1-2,6-11H2,(H,20,22)/t15-,16-,18-/m1/s1. The maximum absolute atomic E-state index is 13.1. The predicted molar refractivity (Wildman–Crippen MR) is 86.5 cm³/mol. The Labute approximate surface area is 136 Å². The van der Waals surface area contributed by atoms with E-state index in [1.54, 1.807) is 6.07 Å². The Morgan fingerprint density at radius 1 is 1.30 bits per heavy atom. The van der Waals surface area contributed by atoms with E-state index >= 15 is 0 Å². The van der Waals surface area contributed by atoms with Gasteiger partial charge in [0.2, 0.25) is 5.91 Å². The van der Waals surface area contributed by atoms with Crippen molar-refractivity contribution in [1.82, 2.24) is 10.2 Å². The van der Waals surface area contributed by atoms with E-state index in [4.69, 9.17) is 0 Å². The van der Waals surface area contributed by atoms with Gasteiger partial charge in [-0.05, 0) is 62.9 Å². The molecule has 2 N–H and O–H groups in total. The molecule has 0 aromatic heterocycles. The largest absolute Gasteiger partial charge is 0.389 e. The molecule has 1 heterocycles. The van der Waals surface area contributed by atoms with Crippen LogP contribution in [-0.4, -0.2) is 47.2 Å². The molecule has 2 fully saturated rings. The van der Waals surface area contributed by atoms with Crippen LogP contribution in [0.5, 0.6) is 0 Å². The van der Waals surface area contributed by atoms with Crippen molar-refractivity contribution in [3.8, 4) is 0 Å². The summed E-state index contributed by atoms with van der Waals surface area (Å²) in [5.41, 5.74) is 0.821. The van der Waals surface area contributed by atoms with Crippen LogP contribution in [0.4, 0.5) is 4.39 Å². The number of nitrogens with one attached hydrogen (secondary N) is 1. The Morgan fingerprint density at radius 2 is 2.09 bits per heavy atom. The van der Waals surface area contributed by atoms with Gasteiger partial charge in [0.25, 0.3) is 0 Å². The van der Waals surface area contributed by atoms with Gasteiger partial charge in [0.1, 0.15) is 5.82 Å². The predicted octanol–water partition coefficient (Wildman–Crippen LogP) is 1.86. The molecule has 3 atom stereocenters. The fourth-order valence-corrected chi connectivity index (χ4v) is 3.82. The fourth-order valence-electron chi connectivity index (χ4n) is 3.82. The zero-order valence-electron chi connectivity index (χ0n) is 13.4. The molecule has 23 heavy (non-hydrogen) atoms. The number of carbonyl (C=O) groups is 1. The number of rotatable bonds is 5. The highest BCUT2D eigenvalue weighted by Gasteiger charge is 2.39. The van der Waals surface area contributed by atoms with E-state index in [0.717, 1.165) is 31.5 Å². The van der Waals surface area contributed by atoms with Gasteiger partial charge in [0, 0.05) is 12.5 Å². The van der Waals surface area contributed by atoms with Crippen molar-refractivity contribution in [2.45, 2.75) is 56.7 Å². The lowest BCUT2D eigenvalue weighted by Crippen LogP contribution is -2.47. The molecule has 5 heteroatoms. The van der Waals surface area contributed by atoms with Crippen LogP contribution in [-0.2, 0) is 11.2 Å². The summed E-state index contributed by atoms with van der Waals surface area (Å²) in [6.45, 7) is 2.12. The smallest absolute Gasteiger partial charge is 0.220 e. The minimum absolute atomic E-state index is 0.0691. The third-order valence-corrected chi connectivity index (χ3v) is 5.07. The molecule has 1 saturated carbocycles. The number of hydrogen-bond donors (Lipinski definition) is 2. The maximum Gasteiger partial charge on any atom is 0.220 e. The number of aliphatic hydroxyl groups is 1. The lowest BCUT2D eigenvalue weighted by molar-refractivity contribution is -0.122. The monoisotopic (exact) mass is 320 g/mol. The second kappa shape index (κ2) is 7.41. The van der Waals surface area contributed by atoms with Crippen molar-refractivity contribution in [3.63, 3.8) is 0 Å². The maximum atomic E-state index is 13.1. The van der Waals surface area contributed by atoms with Crippen LogP contribution in [0, 0.1) is 5.82 Å². The van der Waals surface area contributed by atoms with Gasteiger partial charge in [-0.3, -0.25) is 9.69 Å². The molecule has 1 amide bonds. The summed E-state index contributed by atoms with van der Waals surface area (Å²) >= 11 is 0. The first-order chi connectivity index (χ1) is 11.1. The molecule has 0 spiro atoms. The lowest BCUT2D eigenvalue weighted by atomic mass is 10.1. The van der Waals surface area contributed by atoms with Gasteiger partial charge >= 0.3 is 0 Å². The van der Waals surface area contributed by atoms with Gasteiger partial charge in [-0.1, -0.05) is 12.1 Å². The van der Waals surface area contributed by atoms with E-state index in [1.165, 1.54) is 25.0 Å². The van der Waals surface area contributed by atoms with Gasteiger partial charge in [-0.25, -0.2) is 4.39 Å². The molecular weight excluding hydrogens is 295 g/mol. The van der Waals surface area contributed by atoms with Crippen molar-refractivity contribution in [2.75, 3.05) is 13.1 Å². The first-order valence-electron chi connectivity index (χ1n) is 8.59. The average molecular weight is 320 g/mol. The van der Waals surface area contributed by atoms with Crippen LogP contribution in [0.3, 0.4) is 0 Å². The van der Waals surface area contributed by atoms with Crippen molar-refractivity contribution in [3.05, 3.63) is 35.6 Å². The van der Waals surface area contributed by atoms with Crippen LogP contribution in [0.25, 0.3) is 0 Å². The summed E-state index contributed by atoms with van der Waals surface area (Å²) in [4.78, 5) is 14.5. The fraction of sp³-hybridized carbons (Fsp3) is 0.611. The molecule has 1 aliphatic carbocycles. The summed E-state index contributed by atoms with van der Waals surface area (Å²) < 4.78 is 13.1. The SMILES string of the molecule is O=C(CCc1cccc(F)c1)N[C@@H]1CC[C@@H](N2CCCC2)[C@@H]1O. The molecule has 1 aromatic rings. The summed E-state index contributed by atoms with van der Waals surface area (Å²) in [5, 5.41) is 13.4. The number of nitrogens with zero attached hydrogens (tertiary/aromatic N) is 1. The summed E-state index contributed by atoms with van der Waals surface area (Å²) in [6.07, 6.45) is 4.53. The molecule has 0 unspecified atom stereocenters. The zero-order valence-corrected chi connectivity index (χ0v) is 13.4. The Balaban J connectivity index is 1.46. The van der Waals surface area contributed by atoms with E-state index in [-0.39, 0.29) is 23.8 Å². The Bertz CT molecular complexity index is 546. The summed E-state index contributed by atoms with van der Waals surface area (Å²) in [7, 11) is 0. The molecule has 1 saturated heterocycles. The van der Waals surface area contributed by atoms with Crippen molar-refractivity contribution in [1.29, 1.82) is 0 Å². The van der Waals surface area contributed by atoms with Gasteiger partial charge in [-0.2, -0.15) is 0 Å². The Morgan fingerprint density at radius 3 is 2.83 bits per heavy atom. The number of carbonyl (C=O) groups excluding carboxylic acids is 1. The lowest BCUT2D eigenvalue weighted by Gasteiger charge is -2.28. The number of hydrogen-bond acceptors (Lipinski definition) is 3. The Kier molecular flexibility index (Phi) is 5.28. The van der Waals surface area contributed by atoms with E-state index in [2.05, 4.69) is 10.2 Å². The molecule has 2 aliphatic rings. The first-order valence-corrected chi connectivity index (χ1v) is 8.59. The number of aryl methyl sites for hydroxylation is 1. The topological polar surface area (TPSA) is 52.6 Å². The first kappa shape index (κ1) is 16.4. The number of likely N-dealkylation sites (tertiary alicyclic amines) is 1. The van der Waals surface area contributed by atoms with Gasteiger partial charge in [0.15, 0.2) is 0 Å². The second-order valence-electron chi connectivity index (χ2n) is 6.68. The molecule has 4 nitrogen and oxygen atoms in total. The van der Waals surface area contributed by atoms with Crippen LogP contribution in [0.1, 0.15) is 37.7 Å². The minimum atomic E-state index is -0.480. The highest BCUT2D eigenvalue weighted by Crippen LogP contribution is 2.27. The minimum Gasteiger partial charge on any atom is -0.389 e. The number of aliphatic hydroxyl groups excluding tert-OH is 1. The van der Waals surface area contributed by atoms with Crippen molar-refractivity contribution in [2.24, 2.45) is 0 Å². The quantitative estimate of drug-likeness (QED) is 0.871.